The van der Waals surface area contributed by atoms with Crippen molar-refractivity contribution in [2.75, 3.05) is 32.8 Å². The summed E-state index contributed by atoms with van der Waals surface area (Å²) in [6.07, 6.45) is 6.10. The fraction of sp³-hybridized carbons (Fsp3) is 0.550. The molecule has 5 nitrogen and oxygen atoms in total. The van der Waals surface area contributed by atoms with Gasteiger partial charge in [-0.15, -0.1) is 0 Å². The van der Waals surface area contributed by atoms with Crippen molar-refractivity contribution in [2.45, 2.75) is 38.4 Å². The highest BCUT2D eigenvalue weighted by Gasteiger charge is 2.38. The molecule has 0 spiro atoms. The Bertz CT molecular complexity index is 667. The van der Waals surface area contributed by atoms with Gasteiger partial charge in [-0.1, -0.05) is 6.07 Å². The number of likely N-dealkylation sites (tertiary alicyclic amines) is 1. The summed E-state index contributed by atoms with van der Waals surface area (Å²) in [4.78, 5) is 9.52. The summed E-state index contributed by atoms with van der Waals surface area (Å²) in [6.45, 7) is 7.81. The Morgan fingerprint density at radius 2 is 2.04 bits per heavy atom. The highest BCUT2D eigenvalue weighted by molar-refractivity contribution is 5.14. The number of hydrogen-bond donors (Lipinski definition) is 0. The molecule has 0 saturated carbocycles. The van der Waals surface area contributed by atoms with Gasteiger partial charge in [0.05, 0.1) is 19.8 Å². The molecule has 2 aromatic heterocycles. The maximum absolute atomic E-state index is 5.84. The summed E-state index contributed by atoms with van der Waals surface area (Å²) in [5, 5.41) is 0. The van der Waals surface area contributed by atoms with Gasteiger partial charge in [-0.25, -0.2) is 0 Å². The number of hydrogen-bond acceptors (Lipinski definition) is 5. The molecule has 0 radical (unpaired) electrons. The zero-order valence-electron chi connectivity index (χ0n) is 14.9. The first-order valence-corrected chi connectivity index (χ1v) is 9.29. The van der Waals surface area contributed by atoms with E-state index >= 15 is 0 Å². The van der Waals surface area contributed by atoms with E-state index in [9.17, 15) is 0 Å². The summed E-state index contributed by atoms with van der Waals surface area (Å²) in [5.41, 5.74) is 1.31. The van der Waals surface area contributed by atoms with Crippen LogP contribution < -0.4 is 0 Å². The first-order chi connectivity index (χ1) is 12.3. The number of rotatable bonds is 5. The smallest absolute Gasteiger partial charge is 0.118 e. The van der Waals surface area contributed by atoms with Crippen LogP contribution in [0.15, 0.2) is 41.1 Å². The van der Waals surface area contributed by atoms with Gasteiger partial charge < -0.3 is 9.15 Å². The molecule has 0 unspecified atom stereocenters. The summed E-state index contributed by atoms with van der Waals surface area (Å²) in [5.74, 6) is 2.05. The maximum Gasteiger partial charge on any atom is 0.118 e. The van der Waals surface area contributed by atoms with Crippen LogP contribution in [0.3, 0.4) is 0 Å². The van der Waals surface area contributed by atoms with Crippen molar-refractivity contribution < 1.29 is 9.15 Å². The quantitative estimate of drug-likeness (QED) is 0.836. The molecule has 25 heavy (non-hydrogen) atoms. The third-order valence-electron chi connectivity index (χ3n) is 5.46. The van der Waals surface area contributed by atoms with Crippen LogP contribution in [0.4, 0.5) is 0 Å². The lowest BCUT2D eigenvalue weighted by molar-refractivity contribution is 0.00754. The maximum atomic E-state index is 5.84. The Labute approximate surface area is 149 Å². The summed E-state index contributed by atoms with van der Waals surface area (Å²) >= 11 is 0. The van der Waals surface area contributed by atoms with Gasteiger partial charge in [-0.05, 0) is 43.5 Å². The third-order valence-corrected chi connectivity index (χ3v) is 5.46. The monoisotopic (exact) mass is 341 g/mol. The molecule has 0 bridgehead atoms. The van der Waals surface area contributed by atoms with Gasteiger partial charge in [-0.3, -0.25) is 14.8 Å². The van der Waals surface area contributed by atoms with E-state index in [1.165, 1.54) is 12.0 Å². The summed E-state index contributed by atoms with van der Waals surface area (Å²) in [6, 6.07) is 9.47. The predicted octanol–water partition coefficient (Wildman–Crippen LogP) is 2.50. The number of furan rings is 1. The van der Waals surface area contributed by atoms with E-state index in [0.29, 0.717) is 12.1 Å². The molecular formula is C20H27N3O2. The number of aryl methyl sites for hydroxylation is 1. The lowest BCUT2D eigenvalue weighted by atomic mass is 9.99. The van der Waals surface area contributed by atoms with E-state index in [-0.39, 0.29) is 0 Å². The van der Waals surface area contributed by atoms with Crippen molar-refractivity contribution in [3.8, 4) is 0 Å². The van der Waals surface area contributed by atoms with Crippen LogP contribution >= 0.6 is 0 Å². The van der Waals surface area contributed by atoms with Crippen LogP contribution in [0.25, 0.3) is 0 Å². The number of pyridine rings is 1. The molecule has 5 heteroatoms. The zero-order chi connectivity index (χ0) is 17.1. The van der Waals surface area contributed by atoms with Crippen LogP contribution in [-0.4, -0.2) is 59.7 Å². The highest BCUT2D eigenvalue weighted by atomic mass is 16.5. The predicted molar refractivity (Wildman–Crippen MR) is 96.4 cm³/mol. The molecule has 4 heterocycles. The largest absolute Gasteiger partial charge is 0.465 e. The van der Waals surface area contributed by atoms with Crippen molar-refractivity contribution in [2.24, 2.45) is 0 Å². The van der Waals surface area contributed by atoms with E-state index in [2.05, 4.69) is 33.0 Å². The van der Waals surface area contributed by atoms with Gasteiger partial charge in [0.2, 0.25) is 0 Å². The second-order valence-electron chi connectivity index (χ2n) is 7.12. The number of morpholine rings is 1. The minimum Gasteiger partial charge on any atom is -0.465 e. The van der Waals surface area contributed by atoms with Crippen LogP contribution in [0.2, 0.25) is 0 Å². The van der Waals surface area contributed by atoms with Crippen molar-refractivity contribution in [1.29, 1.82) is 0 Å². The van der Waals surface area contributed by atoms with Crippen LogP contribution in [0, 0.1) is 6.92 Å². The van der Waals surface area contributed by atoms with Gasteiger partial charge in [0.15, 0.2) is 0 Å². The molecule has 0 aromatic carbocycles. The van der Waals surface area contributed by atoms with E-state index in [4.69, 9.17) is 9.15 Å². The second kappa shape index (κ2) is 7.68. The van der Waals surface area contributed by atoms with Gasteiger partial charge in [0.25, 0.3) is 0 Å². The third kappa shape index (κ3) is 3.94. The lowest BCUT2D eigenvalue weighted by Gasteiger charge is -2.37. The minimum atomic E-state index is 0.493. The average Bonchev–Trinajstić information content (AvgIpc) is 3.23. The molecule has 2 fully saturated rings. The molecule has 2 aliphatic heterocycles. The molecule has 0 aliphatic carbocycles. The average molecular weight is 341 g/mol. The van der Waals surface area contributed by atoms with Crippen molar-refractivity contribution in [3.05, 3.63) is 53.7 Å². The highest BCUT2D eigenvalue weighted by Crippen LogP contribution is 2.28. The Morgan fingerprint density at radius 1 is 1.16 bits per heavy atom. The topological polar surface area (TPSA) is 41.7 Å². The van der Waals surface area contributed by atoms with Crippen LogP contribution in [0.1, 0.15) is 23.5 Å². The Hall–Kier alpha value is -1.69. The Kier molecular flexibility index (Phi) is 5.15. The Morgan fingerprint density at radius 3 is 2.76 bits per heavy atom. The Balaban J connectivity index is 1.52. The van der Waals surface area contributed by atoms with Gasteiger partial charge in [0.1, 0.15) is 11.5 Å². The second-order valence-corrected chi connectivity index (χ2v) is 7.12. The standard InChI is InChI=1S/C20H27N3O2/c1-16-4-5-18(25-16)15-23-8-6-19(22-9-11-24-12-10-22)20(23)13-17-3-2-7-21-14-17/h2-5,7,14,19-20H,6,8-13,15H2,1H3/t19-,20-/m1/s1. The fourth-order valence-electron chi connectivity index (χ4n) is 4.23. The minimum absolute atomic E-state index is 0.493. The normalized spacial score (nSPS) is 25.5. The molecule has 134 valence electrons. The fourth-order valence-corrected chi connectivity index (χ4v) is 4.23. The molecule has 2 saturated heterocycles. The summed E-state index contributed by atoms with van der Waals surface area (Å²) in [7, 11) is 0. The molecule has 0 amide bonds. The SMILES string of the molecule is Cc1ccc(CN2CC[C@@H](N3CCOCC3)[C@H]2Cc2cccnc2)o1. The van der Waals surface area contributed by atoms with Crippen molar-refractivity contribution in [3.63, 3.8) is 0 Å². The van der Waals surface area contributed by atoms with Crippen molar-refractivity contribution >= 4 is 0 Å². The van der Waals surface area contributed by atoms with Crippen LogP contribution in [-0.2, 0) is 17.7 Å². The zero-order valence-corrected chi connectivity index (χ0v) is 14.9. The van der Waals surface area contributed by atoms with E-state index in [1.807, 2.05) is 25.4 Å². The van der Waals surface area contributed by atoms with Gasteiger partial charge in [-0.2, -0.15) is 0 Å². The van der Waals surface area contributed by atoms with Gasteiger partial charge in [0, 0.05) is 44.1 Å². The molecular weight excluding hydrogens is 314 g/mol. The summed E-state index contributed by atoms with van der Waals surface area (Å²) < 4.78 is 11.4. The number of aromatic nitrogens is 1. The first-order valence-electron chi connectivity index (χ1n) is 9.29. The molecule has 0 N–H and O–H groups in total. The number of ether oxygens (including phenoxy) is 1. The van der Waals surface area contributed by atoms with E-state index in [0.717, 1.165) is 57.3 Å². The molecule has 4 rings (SSSR count). The van der Waals surface area contributed by atoms with Crippen LogP contribution in [0.5, 0.6) is 0 Å². The van der Waals surface area contributed by atoms with Crippen molar-refractivity contribution in [1.82, 2.24) is 14.8 Å². The number of nitrogens with zero attached hydrogens (tertiary/aromatic N) is 3. The first kappa shape index (κ1) is 16.8. The molecule has 2 aliphatic rings. The van der Waals surface area contributed by atoms with E-state index in [1.54, 1.807) is 0 Å². The van der Waals surface area contributed by atoms with E-state index < -0.39 is 0 Å². The lowest BCUT2D eigenvalue weighted by Crippen LogP contribution is -2.50. The van der Waals surface area contributed by atoms with Gasteiger partial charge >= 0.3 is 0 Å². The molecule has 2 aromatic rings. The molecule has 2 atom stereocenters.